The zero-order valence-corrected chi connectivity index (χ0v) is 22.4. The van der Waals surface area contributed by atoms with Gasteiger partial charge in [0, 0.05) is 35.3 Å². The standard InChI is InChI=1S/C29H30N8O/c1-16-24-10-8-20(13-21(24)11-12-33-16)7-9-23-14-22(15-25(36-23)37-29(38)18(3)32-6)27-26(17(2)31-5)28(30)35-19(4)34-27/h8,10-15,18,30-32H,1-6H3,(H,36,37,38)/p+1. The van der Waals surface area contributed by atoms with Gasteiger partial charge in [-0.3, -0.25) is 15.2 Å². The number of pyridine rings is 2. The Morgan fingerprint density at radius 1 is 1.11 bits per heavy atom. The summed E-state index contributed by atoms with van der Waals surface area (Å²) in [6.45, 7) is 7.43. The summed E-state index contributed by atoms with van der Waals surface area (Å²) in [7, 11) is 3.63. The van der Waals surface area contributed by atoms with Crippen LogP contribution in [0.1, 0.15) is 43.3 Å². The molecule has 0 saturated carbocycles. The van der Waals surface area contributed by atoms with E-state index in [1.54, 1.807) is 33.2 Å². The third-order valence-corrected chi connectivity index (χ3v) is 6.32. The molecule has 0 bridgehead atoms. The molecule has 0 fully saturated rings. The molecular weight excluding hydrogens is 476 g/mol. The Kier molecular flexibility index (Phi) is 7.86. The predicted octanol–water partition coefficient (Wildman–Crippen LogP) is 2.55. The molecule has 9 heteroatoms. The van der Waals surface area contributed by atoms with E-state index in [1.807, 2.05) is 56.5 Å². The monoisotopic (exact) mass is 507 g/mol. The molecule has 3 aromatic rings. The molecule has 0 radical (unpaired) electrons. The minimum Gasteiger partial charge on any atom is -0.319 e. The summed E-state index contributed by atoms with van der Waals surface area (Å²) >= 11 is 0. The number of anilines is 1. The number of aromatic nitrogens is 2. The first-order chi connectivity index (χ1) is 18.2. The number of nitrogens with two attached hydrogens (primary N) is 1. The number of aryl methyl sites for hydroxylation is 1. The molecule has 1 aliphatic heterocycles. The third-order valence-electron chi connectivity index (χ3n) is 6.32. The number of benzene rings is 1. The molecule has 38 heavy (non-hydrogen) atoms. The van der Waals surface area contributed by atoms with E-state index in [1.165, 1.54) is 0 Å². The molecule has 4 rings (SSSR count). The molecule has 0 aliphatic carbocycles. The van der Waals surface area contributed by atoms with Gasteiger partial charge >= 0.3 is 0 Å². The molecule has 0 saturated heterocycles. The Morgan fingerprint density at radius 3 is 2.63 bits per heavy atom. The number of likely N-dealkylation sites (N-methyl/N-ethyl adjacent to an activating group) is 1. The van der Waals surface area contributed by atoms with Crippen molar-refractivity contribution in [3.05, 3.63) is 76.4 Å². The molecule has 1 amide bonds. The van der Waals surface area contributed by atoms with Gasteiger partial charge < -0.3 is 16.0 Å². The van der Waals surface area contributed by atoms with Crippen molar-refractivity contribution in [1.82, 2.24) is 15.3 Å². The van der Waals surface area contributed by atoms with E-state index in [0.29, 0.717) is 34.2 Å². The van der Waals surface area contributed by atoms with Crippen molar-refractivity contribution in [3.63, 3.8) is 0 Å². The highest BCUT2D eigenvalue weighted by Crippen LogP contribution is 2.21. The lowest BCUT2D eigenvalue weighted by atomic mass is 9.98. The Labute approximate surface area is 222 Å². The Hall–Kier alpha value is -4.52. The van der Waals surface area contributed by atoms with E-state index in [2.05, 4.69) is 42.4 Å². The number of hydrogen-bond acceptors (Lipinski definition) is 6. The lowest BCUT2D eigenvalue weighted by molar-refractivity contribution is -0.576. The van der Waals surface area contributed by atoms with Gasteiger partial charge in [-0.05, 0) is 69.5 Å². The number of nitrogens with zero attached hydrogens (tertiary/aromatic N) is 4. The van der Waals surface area contributed by atoms with E-state index in [4.69, 9.17) is 5.41 Å². The molecule has 5 N–H and O–H groups in total. The van der Waals surface area contributed by atoms with E-state index < -0.39 is 6.04 Å². The predicted molar refractivity (Wildman–Crippen MR) is 152 cm³/mol. The topological polar surface area (TPSA) is 132 Å². The van der Waals surface area contributed by atoms with Crippen molar-refractivity contribution in [1.29, 1.82) is 5.41 Å². The fourth-order valence-electron chi connectivity index (χ4n) is 4.00. The molecule has 9 nitrogen and oxygen atoms in total. The van der Waals surface area contributed by atoms with Crippen LogP contribution in [0.2, 0.25) is 0 Å². The van der Waals surface area contributed by atoms with Crippen LogP contribution < -0.4 is 16.0 Å². The normalized spacial score (nSPS) is 15.3. The molecule has 0 spiro atoms. The molecule has 3 heterocycles. The Morgan fingerprint density at radius 2 is 1.89 bits per heavy atom. The minimum absolute atomic E-state index is 0.142. The number of amidine groups is 2. The maximum absolute atomic E-state index is 12.6. The highest BCUT2D eigenvalue weighted by molar-refractivity contribution is 6.35. The molecule has 1 aromatic carbocycles. The molecule has 2 aromatic heterocycles. The quantitative estimate of drug-likeness (QED) is 0.395. The molecule has 1 unspecified atom stereocenters. The van der Waals surface area contributed by atoms with Crippen LogP contribution >= 0.6 is 0 Å². The maximum atomic E-state index is 12.6. The van der Waals surface area contributed by atoms with Crippen molar-refractivity contribution in [2.45, 2.75) is 33.7 Å². The van der Waals surface area contributed by atoms with Crippen molar-refractivity contribution in [3.8, 4) is 11.8 Å². The zero-order chi connectivity index (χ0) is 27.4. The number of carbonyl (C=O) groups is 1. The van der Waals surface area contributed by atoms with Gasteiger partial charge in [0.1, 0.15) is 28.6 Å². The summed E-state index contributed by atoms with van der Waals surface area (Å²) in [5.74, 6) is 7.10. The average Bonchev–Trinajstić information content (AvgIpc) is 2.90. The first kappa shape index (κ1) is 26.5. The lowest BCUT2D eigenvalue weighted by Crippen LogP contribution is -2.77. The second-order valence-corrected chi connectivity index (χ2v) is 9.02. The largest absolute Gasteiger partial charge is 0.319 e. The number of aliphatic imine (C=N–C) groups is 2. The van der Waals surface area contributed by atoms with Gasteiger partial charge in [0.25, 0.3) is 0 Å². The number of fused-ring (bicyclic) bond motifs is 1. The summed E-state index contributed by atoms with van der Waals surface area (Å²) in [5, 5.41) is 18.4. The van der Waals surface area contributed by atoms with Crippen molar-refractivity contribution in [2.75, 3.05) is 19.4 Å². The van der Waals surface area contributed by atoms with E-state index in [0.717, 1.165) is 27.7 Å². The summed E-state index contributed by atoms with van der Waals surface area (Å²) < 4.78 is 0. The average molecular weight is 508 g/mol. The number of nitrogens with one attached hydrogen (secondary N) is 3. The van der Waals surface area contributed by atoms with Crippen LogP contribution in [0.5, 0.6) is 0 Å². The van der Waals surface area contributed by atoms with Crippen LogP contribution in [-0.2, 0) is 4.79 Å². The summed E-state index contributed by atoms with van der Waals surface area (Å²) in [6.07, 6.45) is 1.79. The first-order valence-electron chi connectivity index (χ1n) is 12.3. The van der Waals surface area contributed by atoms with Crippen molar-refractivity contribution in [2.24, 2.45) is 9.98 Å². The van der Waals surface area contributed by atoms with Crippen LogP contribution in [0.3, 0.4) is 0 Å². The fraction of sp³-hybridized carbons (Fsp3) is 0.241. The van der Waals surface area contributed by atoms with Gasteiger partial charge in [-0.1, -0.05) is 12.0 Å². The highest BCUT2D eigenvalue weighted by Gasteiger charge is 2.25. The molecule has 1 atom stereocenters. The second-order valence-electron chi connectivity index (χ2n) is 9.02. The highest BCUT2D eigenvalue weighted by atomic mass is 16.2. The maximum Gasteiger partial charge on any atom is 0.242 e. The van der Waals surface area contributed by atoms with Crippen LogP contribution in [0.25, 0.3) is 10.8 Å². The number of quaternary nitrogens is 1. The number of hydrogen-bond donors (Lipinski definition) is 4. The number of amides is 1. The van der Waals surface area contributed by atoms with Gasteiger partial charge in [0.2, 0.25) is 5.91 Å². The Bertz CT molecular complexity index is 1600. The zero-order valence-electron chi connectivity index (χ0n) is 22.4. The van der Waals surface area contributed by atoms with Crippen LogP contribution in [0.4, 0.5) is 5.82 Å². The number of carbonyl (C=O) groups excluding carboxylic acids is 1. The Balaban J connectivity index is 1.83. The smallest absolute Gasteiger partial charge is 0.242 e. The van der Waals surface area contributed by atoms with E-state index in [-0.39, 0.29) is 11.7 Å². The summed E-state index contributed by atoms with van der Waals surface area (Å²) in [6, 6.07) is 11.1. The van der Waals surface area contributed by atoms with Crippen LogP contribution in [-0.4, -0.2) is 53.4 Å². The van der Waals surface area contributed by atoms with Gasteiger partial charge in [0.15, 0.2) is 5.84 Å². The van der Waals surface area contributed by atoms with Gasteiger partial charge in [-0.2, -0.15) is 0 Å². The summed E-state index contributed by atoms with van der Waals surface area (Å²) in [4.78, 5) is 30.5. The van der Waals surface area contributed by atoms with E-state index in [9.17, 15) is 4.79 Å². The van der Waals surface area contributed by atoms with Gasteiger partial charge in [0.05, 0.1) is 18.8 Å². The van der Waals surface area contributed by atoms with Crippen LogP contribution in [0.15, 0.2) is 63.8 Å². The molecular formula is C29H31N8O+. The molecule has 192 valence electrons. The summed E-state index contributed by atoms with van der Waals surface area (Å²) in [5.41, 5.74) is 5.05. The SMILES string of the molecule is CNC(C)C(=O)Nc1cc(C2=NC(C)=NC(=N)C2=C(C)[NH2+]C)cc(C#Cc2ccc3c(C)nccc3c2)n1. The molecule has 1 aliphatic rings. The van der Waals surface area contributed by atoms with Crippen molar-refractivity contribution < 1.29 is 10.1 Å². The van der Waals surface area contributed by atoms with Crippen LogP contribution in [0, 0.1) is 24.2 Å². The third kappa shape index (κ3) is 5.72. The minimum atomic E-state index is -0.410. The van der Waals surface area contributed by atoms with E-state index >= 15 is 0 Å². The second kappa shape index (κ2) is 11.3. The van der Waals surface area contributed by atoms with Gasteiger partial charge in [-0.25, -0.2) is 15.0 Å². The first-order valence-corrected chi connectivity index (χ1v) is 12.3. The number of allylic oxidation sites excluding steroid dienone is 1. The fourth-order valence-corrected chi connectivity index (χ4v) is 4.00. The van der Waals surface area contributed by atoms with Crippen molar-refractivity contribution >= 4 is 39.9 Å². The lowest BCUT2D eigenvalue weighted by Gasteiger charge is -2.17. The van der Waals surface area contributed by atoms with Gasteiger partial charge in [-0.15, -0.1) is 0 Å². The number of rotatable bonds is 5.